The Morgan fingerprint density at radius 3 is 2.62 bits per heavy atom. The summed E-state index contributed by atoms with van der Waals surface area (Å²) in [5.74, 6) is -0.507. The molecule has 0 spiro atoms. The zero-order valence-corrected chi connectivity index (χ0v) is 18.7. The van der Waals surface area contributed by atoms with Crippen molar-refractivity contribution in [2.45, 2.75) is 18.1 Å². The lowest BCUT2D eigenvalue weighted by Gasteiger charge is -2.16. The number of benzene rings is 3. The number of hydrogen-bond acceptors (Lipinski definition) is 4. The monoisotopic (exact) mass is 467 g/mol. The van der Waals surface area contributed by atoms with Gasteiger partial charge < -0.3 is 5.32 Å². The van der Waals surface area contributed by atoms with Crippen molar-refractivity contribution in [2.75, 3.05) is 5.75 Å². The molecule has 0 saturated heterocycles. The molecule has 0 aliphatic rings. The van der Waals surface area contributed by atoms with Crippen LogP contribution in [0.3, 0.4) is 0 Å². The molecule has 0 aliphatic carbocycles. The molecule has 1 N–H and O–H groups in total. The van der Waals surface area contributed by atoms with E-state index in [0.29, 0.717) is 26.8 Å². The van der Waals surface area contributed by atoms with Crippen molar-refractivity contribution in [3.63, 3.8) is 0 Å². The molecule has 0 aliphatic heterocycles. The van der Waals surface area contributed by atoms with Crippen LogP contribution < -0.4 is 10.9 Å². The molecule has 5 nitrogen and oxygen atoms in total. The average molecular weight is 468 g/mol. The number of thioether (sulfide) groups is 1. The van der Waals surface area contributed by atoms with Crippen molar-refractivity contribution in [3.05, 3.63) is 99.6 Å². The second kappa shape index (κ2) is 9.54. The van der Waals surface area contributed by atoms with Crippen LogP contribution in [0, 0.1) is 5.82 Å². The Balaban J connectivity index is 1.60. The van der Waals surface area contributed by atoms with Crippen molar-refractivity contribution < 1.29 is 9.18 Å². The highest BCUT2D eigenvalue weighted by molar-refractivity contribution is 7.99. The number of fused-ring (bicyclic) bond motifs is 1. The van der Waals surface area contributed by atoms with E-state index in [-0.39, 0.29) is 29.1 Å². The van der Waals surface area contributed by atoms with Gasteiger partial charge in [-0.05, 0) is 55.0 Å². The standard InChI is InChI=1S/C24H19ClFN3O2S/c1-15(16-9-11-18(26)12-10-16)27-22(30)14-32-24-28-21-8-3-2-7-20(21)23(31)29(24)19-6-4-5-17(25)13-19/h2-13,15H,14H2,1H3,(H,27,30). The van der Waals surface area contributed by atoms with Gasteiger partial charge in [-0.1, -0.05) is 53.7 Å². The van der Waals surface area contributed by atoms with Crippen LogP contribution in [0.5, 0.6) is 0 Å². The summed E-state index contributed by atoms with van der Waals surface area (Å²) in [4.78, 5) is 30.4. The van der Waals surface area contributed by atoms with Crippen LogP contribution >= 0.6 is 23.4 Å². The summed E-state index contributed by atoms with van der Waals surface area (Å²) in [5.41, 5.74) is 1.69. The van der Waals surface area contributed by atoms with Crippen LogP contribution in [-0.2, 0) is 4.79 Å². The minimum Gasteiger partial charge on any atom is -0.349 e. The summed E-state index contributed by atoms with van der Waals surface area (Å²) in [6.07, 6.45) is 0. The molecular weight excluding hydrogens is 449 g/mol. The Morgan fingerprint density at radius 1 is 1.12 bits per heavy atom. The summed E-state index contributed by atoms with van der Waals surface area (Å²) in [5, 5.41) is 4.25. The lowest BCUT2D eigenvalue weighted by Crippen LogP contribution is -2.29. The topological polar surface area (TPSA) is 64.0 Å². The van der Waals surface area contributed by atoms with Crippen LogP contribution in [0.25, 0.3) is 16.6 Å². The molecule has 162 valence electrons. The molecule has 0 radical (unpaired) electrons. The van der Waals surface area contributed by atoms with Crippen molar-refractivity contribution >= 4 is 40.2 Å². The maximum Gasteiger partial charge on any atom is 0.266 e. The molecule has 1 aromatic heterocycles. The summed E-state index contributed by atoms with van der Waals surface area (Å²) in [6.45, 7) is 1.83. The molecule has 1 heterocycles. The normalized spacial score (nSPS) is 12.0. The number of carbonyl (C=O) groups excluding carboxylic acids is 1. The number of carbonyl (C=O) groups is 1. The largest absolute Gasteiger partial charge is 0.349 e. The van der Waals surface area contributed by atoms with E-state index in [0.717, 1.165) is 17.3 Å². The number of nitrogens with one attached hydrogen (secondary N) is 1. The Morgan fingerprint density at radius 2 is 1.88 bits per heavy atom. The van der Waals surface area contributed by atoms with Gasteiger partial charge in [-0.25, -0.2) is 9.37 Å². The SMILES string of the molecule is CC(NC(=O)CSc1nc2ccccc2c(=O)n1-c1cccc(Cl)c1)c1ccc(F)cc1. The van der Waals surface area contributed by atoms with Crippen LogP contribution in [-0.4, -0.2) is 21.2 Å². The molecule has 0 fully saturated rings. The fraction of sp³-hybridized carbons (Fsp3) is 0.125. The lowest BCUT2D eigenvalue weighted by molar-refractivity contribution is -0.119. The van der Waals surface area contributed by atoms with E-state index in [2.05, 4.69) is 10.3 Å². The highest BCUT2D eigenvalue weighted by Crippen LogP contribution is 2.23. The van der Waals surface area contributed by atoms with E-state index >= 15 is 0 Å². The zero-order valence-electron chi connectivity index (χ0n) is 17.1. The summed E-state index contributed by atoms with van der Waals surface area (Å²) >= 11 is 7.30. The zero-order chi connectivity index (χ0) is 22.7. The van der Waals surface area contributed by atoms with Gasteiger partial charge in [0.15, 0.2) is 5.16 Å². The Kier molecular flexibility index (Phi) is 6.58. The predicted molar refractivity (Wildman–Crippen MR) is 126 cm³/mol. The van der Waals surface area contributed by atoms with Gasteiger partial charge in [0.1, 0.15) is 5.82 Å². The first kappa shape index (κ1) is 22.0. The molecule has 32 heavy (non-hydrogen) atoms. The molecule has 0 bridgehead atoms. The summed E-state index contributed by atoms with van der Waals surface area (Å²) < 4.78 is 14.6. The first-order valence-electron chi connectivity index (χ1n) is 9.88. The van der Waals surface area contributed by atoms with Crippen LogP contribution in [0.4, 0.5) is 4.39 Å². The van der Waals surface area contributed by atoms with Crippen molar-refractivity contribution in [1.82, 2.24) is 14.9 Å². The molecule has 0 saturated carbocycles. The first-order chi connectivity index (χ1) is 15.4. The number of nitrogens with zero attached hydrogens (tertiary/aromatic N) is 2. The highest BCUT2D eigenvalue weighted by atomic mass is 35.5. The fourth-order valence-corrected chi connectivity index (χ4v) is 4.31. The van der Waals surface area contributed by atoms with Gasteiger partial charge in [0.05, 0.1) is 28.4 Å². The van der Waals surface area contributed by atoms with Gasteiger partial charge >= 0.3 is 0 Å². The van der Waals surface area contributed by atoms with E-state index in [4.69, 9.17) is 11.6 Å². The molecule has 3 aromatic carbocycles. The number of para-hydroxylation sites is 1. The lowest BCUT2D eigenvalue weighted by atomic mass is 10.1. The van der Waals surface area contributed by atoms with Gasteiger partial charge in [0.25, 0.3) is 5.56 Å². The molecule has 4 aromatic rings. The molecule has 1 amide bonds. The Bertz CT molecular complexity index is 1340. The summed E-state index contributed by atoms with van der Waals surface area (Å²) in [7, 11) is 0. The second-order valence-corrected chi connectivity index (χ2v) is 8.54. The van der Waals surface area contributed by atoms with E-state index in [1.165, 1.54) is 16.7 Å². The van der Waals surface area contributed by atoms with E-state index < -0.39 is 0 Å². The number of hydrogen-bond donors (Lipinski definition) is 1. The van der Waals surface area contributed by atoms with Crippen molar-refractivity contribution in [1.29, 1.82) is 0 Å². The van der Waals surface area contributed by atoms with Crippen molar-refractivity contribution in [3.8, 4) is 5.69 Å². The number of aromatic nitrogens is 2. The Labute approximate surface area is 193 Å². The number of halogens is 2. The average Bonchev–Trinajstić information content (AvgIpc) is 2.78. The van der Waals surface area contributed by atoms with E-state index in [9.17, 15) is 14.0 Å². The highest BCUT2D eigenvalue weighted by Gasteiger charge is 2.16. The first-order valence-corrected chi connectivity index (χ1v) is 11.2. The maximum absolute atomic E-state index is 13.2. The third-order valence-corrected chi connectivity index (χ3v) is 6.06. The maximum atomic E-state index is 13.2. The molecule has 4 rings (SSSR count). The number of amides is 1. The minimum atomic E-state index is -0.329. The van der Waals surface area contributed by atoms with E-state index in [1.807, 2.05) is 13.0 Å². The third kappa shape index (κ3) is 4.84. The smallest absolute Gasteiger partial charge is 0.266 e. The quantitative estimate of drug-likeness (QED) is 0.315. The van der Waals surface area contributed by atoms with Gasteiger partial charge in [0.2, 0.25) is 5.91 Å². The van der Waals surface area contributed by atoms with Gasteiger partial charge in [-0.2, -0.15) is 0 Å². The van der Waals surface area contributed by atoms with Crippen LogP contribution in [0.1, 0.15) is 18.5 Å². The Hall–Kier alpha value is -3.16. The van der Waals surface area contributed by atoms with Crippen LogP contribution in [0.2, 0.25) is 5.02 Å². The van der Waals surface area contributed by atoms with Gasteiger partial charge in [-0.3, -0.25) is 14.2 Å². The van der Waals surface area contributed by atoms with Crippen LogP contribution in [0.15, 0.2) is 82.7 Å². The third-order valence-electron chi connectivity index (χ3n) is 4.89. The second-order valence-electron chi connectivity index (χ2n) is 7.16. The molecular formula is C24H19ClFN3O2S. The fourth-order valence-electron chi connectivity index (χ4n) is 3.30. The predicted octanol–water partition coefficient (Wildman–Crippen LogP) is 5.15. The number of rotatable bonds is 6. The van der Waals surface area contributed by atoms with E-state index in [1.54, 1.807) is 54.6 Å². The molecule has 1 unspecified atom stereocenters. The van der Waals surface area contributed by atoms with Gasteiger partial charge in [0, 0.05) is 5.02 Å². The van der Waals surface area contributed by atoms with Gasteiger partial charge in [-0.15, -0.1) is 0 Å². The molecule has 1 atom stereocenters. The molecule has 8 heteroatoms. The minimum absolute atomic E-state index is 0.0525. The summed E-state index contributed by atoms with van der Waals surface area (Å²) in [6, 6.07) is 19.7. The van der Waals surface area contributed by atoms with Crippen molar-refractivity contribution in [2.24, 2.45) is 0 Å².